The van der Waals surface area contributed by atoms with Crippen molar-refractivity contribution < 1.29 is 0 Å². The van der Waals surface area contributed by atoms with Crippen molar-refractivity contribution in [3.63, 3.8) is 0 Å². The number of piperazine rings is 1. The van der Waals surface area contributed by atoms with E-state index in [0.29, 0.717) is 0 Å². The second-order valence-electron chi connectivity index (χ2n) is 3.97. The lowest BCUT2D eigenvalue weighted by molar-refractivity contribution is 0.308. The number of hydrogen-bond donors (Lipinski definition) is 1. The lowest BCUT2D eigenvalue weighted by Crippen LogP contribution is -2.42. The molecule has 1 heterocycles. The fourth-order valence-corrected chi connectivity index (χ4v) is 1.79. The van der Waals surface area contributed by atoms with Gasteiger partial charge in [0.05, 0.1) is 0 Å². The third kappa shape index (κ3) is 3.54. The molecule has 1 fully saturated rings. The van der Waals surface area contributed by atoms with Gasteiger partial charge in [0.25, 0.3) is 0 Å². The molecule has 0 amide bonds. The van der Waals surface area contributed by atoms with Gasteiger partial charge in [-0.1, -0.05) is 25.5 Å². The summed E-state index contributed by atoms with van der Waals surface area (Å²) in [5, 5.41) is 3.34. The number of nitrogens with one attached hydrogen (secondary N) is 1. The Balaban J connectivity index is 2.43. The van der Waals surface area contributed by atoms with Crippen molar-refractivity contribution in [2.75, 3.05) is 26.2 Å². The zero-order valence-electron chi connectivity index (χ0n) is 9.47. The molecule has 0 aromatic rings. The molecule has 1 aliphatic rings. The predicted octanol–water partition coefficient (Wildman–Crippen LogP) is 2.15. The van der Waals surface area contributed by atoms with E-state index < -0.39 is 0 Å². The fraction of sp³-hybridized carbons (Fsp3) is 0.667. The minimum Gasteiger partial charge on any atom is -0.369 e. The highest BCUT2D eigenvalue weighted by molar-refractivity contribution is 5.19. The van der Waals surface area contributed by atoms with Crippen LogP contribution >= 0.6 is 0 Å². The van der Waals surface area contributed by atoms with Gasteiger partial charge in [-0.25, -0.2) is 0 Å². The number of allylic oxidation sites excluding steroid dienone is 2. The second kappa shape index (κ2) is 5.86. The van der Waals surface area contributed by atoms with E-state index in [-0.39, 0.29) is 0 Å². The minimum absolute atomic E-state index is 1.08. The van der Waals surface area contributed by atoms with Crippen molar-refractivity contribution in [2.24, 2.45) is 0 Å². The Kier molecular flexibility index (Phi) is 4.74. The smallest absolute Gasteiger partial charge is 0.0303 e. The first-order valence-corrected chi connectivity index (χ1v) is 5.55. The Hall–Kier alpha value is -0.760. The quantitative estimate of drug-likeness (QED) is 0.690. The molecule has 0 radical (unpaired) electrons. The summed E-state index contributed by atoms with van der Waals surface area (Å²) in [6, 6.07) is 0. The van der Waals surface area contributed by atoms with Gasteiger partial charge in [0, 0.05) is 31.9 Å². The summed E-state index contributed by atoms with van der Waals surface area (Å²) in [6.45, 7) is 12.9. The third-order valence-corrected chi connectivity index (χ3v) is 2.58. The molecule has 0 aromatic heterocycles. The van der Waals surface area contributed by atoms with Crippen molar-refractivity contribution in [3.8, 4) is 0 Å². The fourth-order valence-electron chi connectivity index (χ4n) is 1.79. The molecule has 0 spiro atoms. The molecule has 1 saturated heterocycles. The van der Waals surface area contributed by atoms with Gasteiger partial charge >= 0.3 is 0 Å². The summed E-state index contributed by atoms with van der Waals surface area (Å²) in [5.74, 6) is 0. The Labute approximate surface area is 87.7 Å². The van der Waals surface area contributed by atoms with Crippen LogP contribution in [0.5, 0.6) is 0 Å². The molecule has 1 aliphatic heterocycles. The van der Waals surface area contributed by atoms with Crippen LogP contribution in [0.25, 0.3) is 0 Å². The molecule has 80 valence electrons. The summed E-state index contributed by atoms with van der Waals surface area (Å²) in [4.78, 5) is 2.36. The SMILES string of the molecule is C=C(/C=C(\C)CCC)N1CCNCC1. The van der Waals surface area contributed by atoms with E-state index in [1.165, 1.54) is 24.1 Å². The van der Waals surface area contributed by atoms with E-state index in [0.717, 1.165) is 26.2 Å². The molecule has 1 N–H and O–H groups in total. The van der Waals surface area contributed by atoms with Crippen molar-refractivity contribution in [1.29, 1.82) is 0 Å². The summed E-state index contributed by atoms with van der Waals surface area (Å²) < 4.78 is 0. The summed E-state index contributed by atoms with van der Waals surface area (Å²) in [6.07, 6.45) is 4.64. The first kappa shape index (κ1) is 11.3. The normalized spacial score (nSPS) is 18.4. The molecule has 0 unspecified atom stereocenters. The first-order valence-electron chi connectivity index (χ1n) is 5.55. The zero-order valence-corrected chi connectivity index (χ0v) is 9.47. The summed E-state index contributed by atoms with van der Waals surface area (Å²) in [5.41, 5.74) is 2.62. The maximum atomic E-state index is 4.12. The monoisotopic (exact) mass is 194 g/mol. The third-order valence-electron chi connectivity index (χ3n) is 2.58. The molecular formula is C12H22N2. The highest BCUT2D eigenvalue weighted by Gasteiger charge is 2.09. The molecule has 14 heavy (non-hydrogen) atoms. The topological polar surface area (TPSA) is 15.3 Å². The van der Waals surface area contributed by atoms with Gasteiger partial charge in [-0.15, -0.1) is 0 Å². The van der Waals surface area contributed by atoms with E-state index in [2.05, 4.69) is 36.7 Å². The van der Waals surface area contributed by atoms with Crippen molar-refractivity contribution in [3.05, 3.63) is 23.9 Å². The molecular weight excluding hydrogens is 172 g/mol. The lowest BCUT2D eigenvalue weighted by atomic mass is 10.1. The Morgan fingerprint density at radius 1 is 1.43 bits per heavy atom. The Morgan fingerprint density at radius 2 is 2.07 bits per heavy atom. The predicted molar refractivity (Wildman–Crippen MR) is 62.2 cm³/mol. The van der Waals surface area contributed by atoms with E-state index in [1.54, 1.807) is 0 Å². The number of hydrogen-bond acceptors (Lipinski definition) is 2. The molecule has 2 heteroatoms. The molecule has 2 nitrogen and oxygen atoms in total. The van der Waals surface area contributed by atoms with Crippen molar-refractivity contribution >= 4 is 0 Å². The molecule has 0 atom stereocenters. The molecule has 0 aromatic carbocycles. The van der Waals surface area contributed by atoms with Crippen molar-refractivity contribution in [1.82, 2.24) is 10.2 Å². The van der Waals surface area contributed by atoms with Crippen LogP contribution in [0.1, 0.15) is 26.7 Å². The highest BCUT2D eigenvalue weighted by atomic mass is 15.2. The first-order chi connectivity index (χ1) is 6.74. The summed E-state index contributed by atoms with van der Waals surface area (Å²) >= 11 is 0. The van der Waals surface area contributed by atoms with Gasteiger partial charge < -0.3 is 10.2 Å². The van der Waals surface area contributed by atoms with Crippen LogP contribution in [-0.4, -0.2) is 31.1 Å². The molecule has 0 saturated carbocycles. The van der Waals surface area contributed by atoms with Crippen LogP contribution < -0.4 is 5.32 Å². The maximum Gasteiger partial charge on any atom is 0.0303 e. The van der Waals surface area contributed by atoms with Gasteiger partial charge in [-0.05, 0) is 19.4 Å². The largest absolute Gasteiger partial charge is 0.369 e. The Morgan fingerprint density at radius 3 is 2.64 bits per heavy atom. The van der Waals surface area contributed by atoms with Crippen LogP contribution in [0.15, 0.2) is 23.9 Å². The minimum atomic E-state index is 1.08. The van der Waals surface area contributed by atoms with Crippen molar-refractivity contribution in [2.45, 2.75) is 26.7 Å². The molecule has 0 aliphatic carbocycles. The second-order valence-corrected chi connectivity index (χ2v) is 3.97. The highest BCUT2D eigenvalue weighted by Crippen LogP contribution is 2.11. The van der Waals surface area contributed by atoms with E-state index in [9.17, 15) is 0 Å². The standard InChI is InChI=1S/C12H22N2/c1-4-5-11(2)10-12(3)14-8-6-13-7-9-14/h10,13H,3-9H2,1-2H3/b11-10+. The van der Waals surface area contributed by atoms with Gasteiger partial charge in [-0.2, -0.15) is 0 Å². The van der Waals surface area contributed by atoms with Crippen LogP contribution in [0.3, 0.4) is 0 Å². The van der Waals surface area contributed by atoms with Gasteiger partial charge in [0.15, 0.2) is 0 Å². The average molecular weight is 194 g/mol. The maximum absolute atomic E-state index is 4.12. The Bertz CT molecular complexity index is 212. The van der Waals surface area contributed by atoms with E-state index >= 15 is 0 Å². The van der Waals surface area contributed by atoms with Gasteiger partial charge in [-0.3, -0.25) is 0 Å². The molecule has 0 bridgehead atoms. The van der Waals surface area contributed by atoms with Crippen LogP contribution in [0.2, 0.25) is 0 Å². The number of nitrogens with zero attached hydrogens (tertiary/aromatic N) is 1. The van der Waals surface area contributed by atoms with E-state index in [4.69, 9.17) is 0 Å². The average Bonchev–Trinajstić information content (AvgIpc) is 2.19. The van der Waals surface area contributed by atoms with E-state index in [1.807, 2.05) is 0 Å². The summed E-state index contributed by atoms with van der Waals surface area (Å²) in [7, 11) is 0. The number of rotatable bonds is 4. The molecule has 1 rings (SSSR count). The van der Waals surface area contributed by atoms with Crippen LogP contribution in [0, 0.1) is 0 Å². The van der Waals surface area contributed by atoms with Crippen LogP contribution in [-0.2, 0) is 0 Å². The zero-order chi connectivity index (χ0) is 10.4. The van der Waals surface area contributed by atoms with Gasteiger partial charge in [0.1, 0.15) is 0 Å². The van der Waals surface area contributed by atoms with Crippen LogP contribution in [0.4, 0.5) is 0 Å². The van der Waals surface area contributed by atoms with Gasteiger partial charge in [0.2, 0.25) is 0 Å². The lowest BCUT2D eigenvalue weighted by Gasteiger charge is -2.29.